The van der Waals surface area contributed by atoms with Crippen molar-refractivity contribution in [1.29, 1.82) is 0 Å². The number of nitrogens with two attached hydrogens (primary N) is 1. The molecule has 0 radical (unpaired) electrons. The van der Waals surface area contributed by atoms with E-state index in [0.29, 0.717) is 17.1 Å². The number of benzene rings is 9. The number of methoxy groups -OCH3 is 5. The van der Waals surface area contributed by atoms with Crippen molar-refractivity contribution in [1.82, 2.24) is 0 Å². The van der Waals surface area contributed by atoms with Gasteiger partial charge in [0, 0.05) is 55.4 Å². The standard InChI is InChI=1S/C19H19NO5.C19H21NO4.C17H17NO4.C17H19NO3.C8H9NO3/c1-12-4-6-14(7-5-12)10-18(22)20-15-8-9-17(25-13(2)21)16(11-15)19(23)24-3;1-13-4-6-15(7-5-13)10-11-20-16-8-9-18(24-14(2)21)17(12-16)19(22)23-3;1-11-3-5-12(6-4-11)9-16(20)18-13-7-8-15(19)14(10-13)17(21)22-2;1-12-3-5-13(6-4-12)9-10-18-14-7-8-16(19)15(11-14)17(20)21-2;1-12-8(11)6-4-5(9)2-3-7(6)10/h4-9,11H,10H2,1-3H3,(H,20,22);4-9,12,20H,10-11H2,1-3H3;3-8,10,19H,9H2,1-2H3,(H,18,20);3-8,11,18-19H,9-10H2,1-2H3;2-4,10H,9H2,1H3. The van der Waals surface area contributed by atoms with Crippen molar-refractivity contribution < 1.29 is 91.6 Å². The van der Waals surface area contributed by atoms with Crippen LogP contribution >= 0.6 is 0 Å². The van der Waals surface area contributed by atoms with E-state index < -0.39 is 41.8 Å². The molecule has 0 fully saturated rings. The number of aryl methyl sites for hydroxylation is 4. The number of aromatic hydroxyl groups is 3. The van der Waals surface area contributed by atoms with Gasteiger partial charge in [0.2, 0.25) is 11.8 Å². The SMILES string of the molecule is COC(=O)c1cc(N)ccc1O.COC(=O)c1cc(NC(=O)Cc2ccc(C)cc2)ccc1O.COC(=O)c1cc(NC(=O)Cc2ccc(C)cc2)ccc1OC(C)=O.COC(=O)c1cc(NCCc2ccc(C)cc2)ccc1O.COC(=O)c1cc(NCCc2ccc(C)cc2)ccc1OC(C)=O. The number of nitrogen functional groups attached to an aromatic ring is 1. The summed E-state index contributed by atoms with van der Waals surface area (Å²) in [5.74, 6) is -4.60. The first-order valence-corrected chi connectivity index (χ1v) is 32.2. The topological polar surface area (TPSA) is 353 Å². The van der Waals surface area contributed by atoms with Gasteiger partial charge in [-0.05, 0) is 154 Å². The molecule has 0 saturated carbocycles. The Morgan fingerprint density at radius 1 is 0.337 bits per heavy atom. The maximum atomic E-state index is 12.2. The molecule has 0 heterocycles. The molecule has 9 aromatic carbocycles. The molecule has 24 nitrogen and oxygen atoms in total. The molecule has 0 spiro atoms. The molecule has 0 bridgehead atoms. The molecule has 0 atom stereocenters. The summed E-state index contributed by atoms with van der Waals surface area (Å²) < 4.78 is 33.1. The molecule has 0 aliphatic carbocycles. The van der Waals surface area contributed by atoms with Gasteiger partial charge in [0.25, 0.3) is 0 Å². The van der Waals surface area contributed by atoms with Gasteiger partial charge >= 0.3 is 41.8 Å². The van der Waals surface area contributed by atoms with Crippen LogP contribution in [-0.2, 0) is 68.5 Å². The first-order chi connectivity index (χ1) is 49.6. The number of anilines is 5. The van der Waals surface area contributed by atoms with Crippen LogP contribution in [0.2, 0.25) is 0 Å². The lowest BCUT2D eigenvalue weighted by Gasteiger charge is -2.11. The minimum absolute atomic E-state index is 0.00985. The minimum Gasteiger partial charge on any atom is -0.507 e. The van der Waals surface area contributed by atoms with E-state index in [1.807, 2.05) is 62.4 Å². The second kappa shape index (κ2) is 41.5. The van der Waals surface area contributed by atoms with E-state index in [-0.39, 0.29) is 81.2 Å². The number of ether oxygens (including phenoxy) is 7. The summed E-state index contributed by atoms with van der Waals surface area (Å²) in [4.78, 5) is 104. The molecule has 0 aliphatic rings. The van der Waals surface area contributed by atoms with Gasteiger partial charge in [-0.3, -0.25) is 19.2 Å². The first-order valence-electron chi connectivity index (χ1n) is 32.2. The van der Waals surface area contributed by atoms with Gasteiger partial charge in [0.05, 0.1) is 48.4 Å². The van der Waals surface area contributed by atoms with Crippen molar-refractivity contribution in [2.75, 3.05) is 75.6 Å². The monoisotopic (exact) mass is 1420 g/mol. The molecule has 0 aliphatic heterocycles. The van der Waals surface area contributed by atoms with Crippen LogP contribution in [0.15, 0.2) is 188 Å². The van der Waals surface area contributed by atoms with Gasteiger partial charge in [0.1, 0.15) is 56.6 Å². The molecule has 0 unspecified atom stereocenters. The van der Waals surface area contributed by atoms with Crippen LogP contribution in [0.1, 0.15) is 110 Å². The summed E-state index contributed by atoms with van der Waals surface area (Å²) in [5.41, 5.74) is 17.7. The Morgan fingerprint density at radius 2 is 0.606 bits per heavy atom. The van der Waals surface area contributed by atoms with Crippen LogP contribution in [0, 0.1) is 27.7 Å². The second-order valence-electron chi connectivity index (χ2n) is 23.1. The molecule has 104 heavy (non-hydrogen) atoms. The van der Waals surface area contributed by atoms with E-state index in [1.54, 1.807) is 36.4 Å². The highest BCUT2D eigenvalue weighted by atomic mass is 16.6. The van der Waals surface area contributed by atoms with Crippen LogP contribution in [0.25, 0.3) is 0 Å². The first kappa shape index (κ1) is 81.7. The van der Waals surface area contributed by atoms with Crippen molar-refractivity contribution >= 4 is 82.0 Å². The van der Waals surface area contributed by atoms with Crippen molar-refractivity contribution in [2.24, 2.45) is 0 Å². The van der Waals surface area contributed by atoms with Crippen LogP contribution < -0.4 is 36.5 Å². The summed E-state index contributed by atoms with van der Waals surface area (Å²) in [5, 5.41) is 40.3. The van der Waals surface area contributed by atoms with Crippen LogP contribution in [0.4, 0.5) is 28.4 Å². The zero-order valence-corrected chi connectivity index (χ0v) is 59.6. The van der Waals surface area contributed by atoms with Gasteiger partial charge in [-0.25, -0.2) is 24.0 Å². The summed E-state index contributed by atoms with van der Waals surface area (Å²) in [6, 6.07) is 54.7. The fourth-order valence-electron chi connectivity index (χ4n) is 9.31. The zero-order chi connectivity index (χ0) is 76.4. The highest BCUT2D eigenvalue weighted by Gasteiger charge is 2.20. The van der Waals surface area contributed by atoms with E-state index >= 15 is 0 Å². The number of hydrogen-bond donors (Lipinski definition) is 8. The number of esters is 7. The lowest BCUT2D eigenvalue weighted by Crippen LogP contribution is -2.15. The largest absolute Gasteiger partial charge is 0.507 e. The smallest absolute Gasteiger partial charge is 0.341 e. The average molecular weight is 1420 g/mol. The highest BCUT2D eigenvalue weighted by molar-refractivity contribution is 5.99. The van der Waals surface area contributed by atoms with E-state index in [9.17, 15) is 58.5 Å². The molecule has 544 valence electrons. The maximum absolute atomic E-state index is 12.2. The quantitative estimate of drug-likeness (QED) is 0.0109. The van der Waals surface area contributed by atoms with Gasteiger partial charge in [-0.1, -0.05) is 119 Å². The third kappa shape index (κ3) is 27.6. The number of phenolic OH excluding ortho intramolecular Hbond substituents is 3. The van der Waals surface area contributed by atoms with E-state index in [0.717, 1.165) is 59.6 Å². The maximum Gasteiger partial charge on any atom is 0.341 e. The fourth-order valence-corrected chi connectivity index (χ4v) is 9.31. The molecule has 0 aromatic heterocycles. The van der Waals surface area contributed by atoms with E-state index in [4.69, 9.17) is 19.9 Å². The van der Waals surface area contributed by atoms with Crippen molar-refractivity contribution in [3.8, 4) is 28.7 Å². The molecule has 9 aromatic rings. The molecular weight excluding hydrogens is 1330 g/mol. The summed E-state index contributed by atoms with van der Waals surface area (Å²) in [6.45, 7) is 12.1. The molecule has 9 rings (SSSR count). The Labute approximate surface area is 603 Å². The predicted octanol–water partition coefficient (Wildman–Crippen LogP) is 12.8. The molecule has 9 N–H and O–H groups in total. The minimum atomic E-state index is -0.661. The van der Waals surface area contributed by atoms with Gasteiger partial charge in [-0.15, -0.1) is 0 Å². The van der Waals surface area contributed by atoms with E-state index in [1.165, 1.54) is 126 Å². The van der Waals surface area contributed by atoms with Gasteiger partial charge in [0.15, 0.2) is 0 Å². The summed E-state index contributed by atoms with van der Waals surface area (Å²) in [7, 11) is 6.27. The van der Waals surface area contributed by atoms with Gasteiger partial charge < -0.3 is 75.5 Å². The Hall–Kier alpha value is -13.0. The normalized spacial score (nSPS) is 10.0. The van der Waals surface area contributed by atoms with E-state index in [2.05, 4.69) is 103 Å². The highest BCUT2D eigenvalue weighted by Crippen LogP contribution is 2.28. The van der Waals surface area contributed by atoms with Crippen molar-refractivity contribution in [3.05, 3.63) is 260 Å². The third-order valence-electron chi connectivity index (χ3n) is 14.8. The Balaban J connectivity index is 0.000000237. The average Bonchev–Trinajstić information content (AvgIpc) is 0.867. The van der Waals surface area contributed by atoms with Crippen LogP contribution in [0.5, 0.6) is 28.7 Å². The fraction of sp³-hybridized carbons (Fsp3) is 0.212. The molecule has 2 amide bonds. The zero-order valence-electron chi connectivity index (χ0n) is 59.6. The second-order valence-corrected chi connectivity index (χ2v) is 23.1. The molecular formula is C80H85N5O19. The van der Waals surface area contributed by atoms with Crippen molar-refractivity contribution in [3.63, 3.8) is 0 Å². The third-order valence-corrected chi connectivity index (χ3v) is 14.8. The number of nitrogens with one attached hydrogen (secondary N) is 4. The number of phenols is 3. The molecule has 24 heteroatoms. The predicted molar refractivity (Wildman–Crippen MR) is 395 cm³/mol. The Kier molecular flexibility index (Phi) is 32.6. The van der Waals surface area contributed by atoms with Crippen LogP contribution in [-0.4, -0.2) is 118 Å². The number of carbonyl (C=O) groups is 9. The molecule has 0 saturated heterocycles. The summed E-state index contributed by atoms with van der Waals surface area (Å²) >= 11 is 0. The Bertz CT molecular complexity index is 4430. The number of amides is 2. The van der Waals surface area contributed by atoms with Crippen molar-refractivity contribution in [2.45, 2.75) is 67.2 Å². The number of rotatable bonds is 21. The Morgan fingerprint density at radius 3 is 0.952 bits per heavy atom. The van der Waals surface area contributed by atoms with Crippen LogP contribution in [0.3, 0.4) is 0 Å². The van der Waals surface area contributed by atoms with Gasteiger partial charge in [-0.2, -0.15) is 0 Å². The number of hydrogen-bond acceptors (Lipinski definition) is 22. The number of carbonyl (C=O) groups excluding carboxylic acids is 9. The lowest BCUT2D eigenvalue weighted by atomic mass is 10.1. The summed E-state index contributed by atoms with van der Waals surface area (Å²) in [6.07, 6.45) is 2.18. The lowest BCUT2D eigenvalue weighted by molar-refractivity contribution is -0.132.